The van der Waals surface area contributed by atoms with E-state index >= 15 is 0 Å². The molecule has 0 aromatic rings. The van der Waals surface area contributed by atoms with Crippen LogP contribution in [-0.2, 0) is 9.53 Å². The Morgan fingerprint density at radius 2 is 2.33 bits per heavy atom. The van der Waals surface area contributed by atoms with Crippen molar-refractivity contribution in [2.75, 3.05) is 0 Å². The molecule has 2 rings (SSSR count). The van der Waals surface area contributed by atoms with Gasteiger partial charge in [-0.1, -0.05) is 0 Å². The Morgan fingerprint density at radius 3 is 2.67 bits per heavy atom. The monoisotopic (exact) mass is 126 g/mol. The van der Waals surface area contributed by atoms with Crippen LogP contribution in [0, 0.1) is 5.92 Å². The molecule has 0 aromatic heterocycles. The number of hydrogen-bond acceptors (Lipinski definition) is 2. The number of carbonyl (C=O) groups excluding carboxylic acids is 1. The van der Waals surface area contributed by atoms with Crippen LogP contribution in [0.3, 0.4) is 0 Å². The number of aldehydes is 1. The summed E-state index contributed by atoms with van der Waals surface area (Å²) in [7, 11) is 0. The van der Waals surface area contributed by atoms with Gasteiger partial charge in [-0.2, -0.15) is 0 Å². The molecule has 0 aliphatic carbocycles. The lowest BCUT2D eigenvalue weighted by Gasteiger charge is -2.09. The fraction of sp³-hybridized carbons (Fsp3) is 0.857. The standard InChI is InChI=1S/C7H10O2/c8-4-5-3-6-1-2-7(5)9-6/h4-7H,1-3H2/t5-,6+,7-/m1/s1. The highest BCUT2D eigenvalue weighted by molar-refractivity contribution is 5.55. The molecule has 3 atom stereocenters. The van der Waals surface area contributed by atoms with E-state index in [1.807, 2.05) is 0 Å². The van der Waals surface area contributed by atoms with E-state index in [-0.39, 0.29) is 12.0 Å². The molecular weight excluding hydrogens is 116 g/mol. The van der Waals surface area contributed by atoms with Crippen LogP contribution < -0.4 is 0 Å². The lowest BCUT2D eigenvalue weighted by atomic mass is 9.91. The number of carbonyl (C=O) groups is 1. The van der Waals surface area contributed by atoms with Gasteiger partial charge in [-0.25, -0.2) is 0 Å². The Morgan fingerprint density at radius 1 is 1.44 bits per heavy atom. The van der Waals surface area contributed by atoms with Gasteiger partial charge >= 0.3 is 0 Å². The minimum absolute atomic E-state index is 0.226. The molecule has 50 valence electrons. The van der Waals surface area contributed by atoms with E-state index in [0.717, 1.165) is 19.1 Å². The van der Waals surface area contributed by atoms with Gasteiger partial charge in [0.05, 0.1) is 12.2 Å². The molecule has 9 heavy (non-hydrogen) atoms. The van der Waals surface area contributed by atoms with Crippen molar-refractivity contribution in [2.24, 2.45) is 5.92 Å². The van der Waals surface area contributed by atoms with Gasteiger partial charge in [0.15, 0.2) is 0 Å². The molecule has 2 heteroatoms. The highest BCUT2D eigenvalue weighted by Gasteiger charge is 2.40. The SMILES string of the molecule is O=C[C@H]1C[C@@H]2CC[C@H]1O2. The minimum atomic E-state index is 0.226. The van der Waals surface area contributed by atoms with E-state index < -0.39 is 0 Å². The number of hydrogen-bond donors (Lipinski definition) is 0. The van der Waals surface area contributed by atoms with Crippen molar-refractivity contribution in [2.45, 2.75) is 31.5 Å². The van der Waals surface area contributed by atoms with Crippen LogP contribution in [0.15, 0.2) is 0 Å². The molecule has 0 saturated carbocycles. The molecule has 0 N–H and O–H groups in total. The van der Waals surface area contributed by atoms with Crippen LogP contribution in [0.25, 0.3) is 0 Å². The molecule has 0 radical (unpaired) electrons. The normalized spacial score (nSPS) is 47.8. The summed E-state index contributed by atoms with van der Waals surface area (Å²) in [5, 5.41) is 0. The van der Waals surface area contributed by atoms with Gasteiger partial charge in [0.2, 0.25) is 0 Å². The summed E-state index contributed by atoms with van der Waals surface area (Å²) in [5.41, 5.74) is 0. The smallest absolute Gasteiger partial charge is 0.125 e. The number of fused-ring (bicyclic) bond motifs is 2. The van der Waals surface area contributed by atoms with Crippen LogP contribution in [0.2, 0.25) is 0 Å². The molecule has 0 aromatic carbocycles. The molecule has 0 unspecified atom stereocenters. The maximum atomic E-state index is 10.3. The third-order valence-electron chi connectivity index (χ3n) is 2.33. The lowest BCUT2D eigenvalue weighted by molar-refractivity contribution is -0.112. The fourth-order valence-corrected chi connectivity index (χ4v) is 1.82. The highest BCUT2D eigenvalue weighted by atomic mass is 16.5. The second kappa shape index (κ2) is 1.81. The van der Waals surface area contributed by atoms with Gasteiger partial charge in [-0.15, -0.1) is 0 Å². The zero-order chi connectivity index (χ0) is 6.27. The summed E-state index contributed by atoms with van der Waals surface area (Å²) in [6.07, 6.45) is 5.01. The Balaban J connectivity index is 2.09. The van der Waals surface area contributed by atoms with E-state index in [1.54, 1.807) is 0 Å². The van der Waals surface area contributed by atoms with Crippen molar-refractivity contribution in [3.8, 4) is 0 Å². The lowest BCUT2D eigenvalue weighted by Crippen LogP contribution is -2.16. The van der Waals surface area contributed by atoms with Crippen LogP contribution >= 0.6 is 0 Å². The first-order valence-electron chi connectivity index (χ1n) is 3.51. The molecule has 2 nitrogen and oxygen atoms in total. The molecule has 2 aliphatic heterocycles. The van der Waals surface area contributed by atoms with Crippen molar-refractivity contribution < 1.29 is 9.53 Å². The Labute approximate surface area is 54.2 Å². The number of ether oxygens (including phenoxy) is 1. The summed E-state index contributed by atoms with van der Waals surface area (Å²) in [4.78, 5) is 10.3. The summed E-state index contributed by atoms with van der Waals surface area (Å²) in [6.45, 7) is 0. The third kappa shape index (κ3) is 0.697. The maximum Gasteiger partial charge on any atom is 0.125 e. The van der Waals surface area contributed by atoms with Crippen molar-refractivity contribution >= 4 is 6.29 Å². The molecule has 2 saturated heterocycles. The molecule has 2 aliphatic rings. The summed E-state index contributed by atoms with van der Waals surface area (Å²) in [6, 6.07) is 0. The molecule has 0 spiro atoms. The van der Waals surface area contributed by atoms with E-state index in [2.05, 4.69) is 0 Å². The Bertz CT molecular complexity index is 133. The second-order valence-electron chi connectivity index (χ2n) is 2.91. The molecule has 2 fully saturated rings. The average Bonchev–Trinajstić information content (AvgIpc) is 2.45. The Hall–Kier alpha value is -0.370. The largest absolute Gasteiger partial charge is 0.374 e. The van der Waals surface area contributed by atoms with Crippen LogP contribution in [0.4, 0.5) is 0 Å². The second-order valence-corrected chi connectivity index (χ2v) is 2.91. The van der Waals surface area contributed by atoms with E-state index in [4.69, 9.17) is 4.74 Å². The first-order chi connectivity index (χ1) is 4.40. The van der Waals surface area contributed by atoms with Gasteiger partial charge in [-0.05, 0) is 19.3 Å². The Kier molecular flexibility index (Phi) is 1.09. The predicted molar refractivity (Wildman–Crippen MR) is 32.1 cm³/mol. The van der Waals surface area contributed by atoms with Gasteiger partial charge in [0.25, 0.3) is 0 Å². The van der Waals surface area contributed by atoms with Gasteiger partial charge in [0, 0.05) is 5.92 Å². The fourth-order valence-electron chi connectivity index (χ4n) is 1.82. The van der Waals surface area contributed by atoms with Crippen molar-refractivity contribution in [1.82, 2.24) is 0 Å². The zero-order valence-corrected chi connectivity index (χ0v) is 5.25. The van der Waals surface area contributed by atoms with E-state index in [1.165, 1.54) is 6.42 Å². The first-order valence-corrected chi connectivity index (χ1v) is 3.51. The minimum Gasteiger partial charge on any atom is -0.374 e. The molecule has 2 heterocycles. The average molecular weight is 126 g/mol. The van der Waals surface area contributed by atoms with Gasteiger partial charge in [-0.3, -0.25) is 0 Å². The van der Waals surface area contributed by atoms with E-state index in [9.17, 15) is 4.79 Å². The van der Waals surface area contributed by atoms with Crippen molar-refractivity contribution in [3.05, 3.63) is 0 Å². The van der Waals surface area contributed by atoms with Crippen LogP contribution in [0.5, 0.6) is 0 Å². The van der Waals surface area contributed by atoms with Crippen molar-refractivity contribution in [3.63, 3.8) is 0 Å². The maximum absolute atomic E-state index is 10.3. The molecular formula is C7H10O2. The predicted octanol–water partition coefficient (Wildman–Crippen LogP) is 0.753. The number of rotatable bonds is 1. The van der Waals surface area contributed by atoms with Crippen molar-refractivity contribution in [1.29, 1.82) is 0 Å². The molecule has 2 bridgehead atoms. The third-order valence-corrected chi connectivity index (χ3v) is 2.33. The topological polar surface area (TPSA) is 26.3 Å². The molecule has 0 amide bonds. The first kappa shape index (κ1) is 5.42. The quantitative estimate of drug-likeness (QED) is 0.485. The highest BCUT2D eigenvalue weighted by Crippen LogP contribution is 2.37. The summed E-state index contributed by atoms with van der Waals surface area (Å²) in [5.74, 6) is 0.226. The zero-order valence-electron chi connectivity index (χ0n) is 5.25. The van der Waals surface area contributed by atoms with Crippen LogP contribution in [0.1, 0.15) is 19.3 Å². The van der Waals surface area contributed by atoms with Gasteiger partial charge < -0.3 is 9.53 Å². The van der Waals surface area contributed by atoms with E-state index in [0.29, 0.717) is 6.10 Å². The van der Waals surface area contributed by atoms with Crippen LogP contribution in [-0.4, -0.2) is 18.5 Å². The summed E-state index contributed by atoms with van der Waals surface area (Å²) < 4.78 is 5.44. The summed E-state index contributed by atoms with van der Waals surface area (Å²) >= 11 is 0. The van der Waals surface area contributed by atoms with Gasteiger partial charge in [0.1, 0.15) is 6.29 Å².